The monoisotopic (exact) mass is 358 g/mol. The molecule has 1 aliphatic heterocycles. The lowest BCUT2D eigenvalue weighted by Gasteiger charge is -2.33. The SMILES string of the molecule is CC(=O)c1ccc(NC(=O)C2(C)Oc3ccc(Cl)cc3NC2=O)cc1. The lowest BCUT2D eigenvalue weighted by Crippen LogP contribution is -2.56. The van der Waals surface area contributed by atoms with E-state index >= 15 is 0 Å². The summed E-state index contributed by atoms with van der Waals surface area (Å²) < 4.78 is 5.65. The van der Waals surface area contributed by atoms with E-state index in [9.17, 15) is 14.4 Å². The zero-order chi connectivity index (χ0) is 18.2. The summed E-state index contributed by atoms with van der Waals surface area (Å²) in [5, 5.41) is 5.70. The van der Waals surface area contributed by atoms with E-state index in [2.05, 4.69) is 10.6 Å². The molecule has 6 nitrogen and oxygen atoms in total. The highest BCUT2D eigenvalue weighted by molar-refractivity contribution is 6.31. The van der Waals surface area contributed by atoms with Crippen molar-refractivity contribution < 1.29 is 19.1 Å². The lowest BCUT2D eigenvalue weighted by atomic mass is 10.0. The minimum Gasteiger partial charge on any atom is -0.466 e. The fourth-order valence-electron chi connectivity index (χ4n) is 2.38. The third kappa shape index (κ3) is 3.21. The number of amides is 2. The van der Waals surface area contributed by atoms with E-state index < -0.39 is 17.4 Å². The standard InChI is InChI=1S/C18H15ClN2O4/c1-10(22)11-3-6-13(7-4-11)20-16(23)18(2)17(24)21-14-9-12(19)5-8-15(14)25-18/h3-9H,1-2H3,(H,20,23)(H,21,24). The Morgan fingerprint density at radius 3 is 2.48 bits per heavy atom. The highest BCUT2D eigenvalue weighted by atomic mass is 35.5. The quantitative estimate of drug-likeness (QED) is 0.651. The summed E-state index contributed by atoms with van der Waals surface area (Å²) in [6.45, 7) is 2.84. The molecule has 0 saturated heterocycles. The minimum absolute atomic E-state index is 0.0740. The fourth-order valence-corrected chi connectivity index (χ4v) is 2.56. The van der Waals surface area contributed by atoms with Gasteiger partial charge in [-0.2, -0.15) is 0 Å². The number of benzene rings is 2. The Kier molecular flexibility index (Phi) is 4.22. The van der Waals surface area contributed by atoms with Crippen LogP contribution < -0.4 is 15.4 Å². The number of ketones is 1. The predicted octanol–water partition coefficient (Wildman–Crippen LogP) is 3.27. The lowest BCUT2D eigenvalue weighted by molar-refractivity contribution is -0.143. The summed E-state index contributed by atoms with van der Waals surface area (Å²) in [6.07, 6.45) is 0. The number of ether oxygens (including phenoxy) is 1. The van der Waals surface area contributed by atoms with Gasteiger partial charge in [0.25, 0.3) is 17.4 Å². The van der Waals surface area contributed by atoms with Gasteiger partial charge in [0.1, 0.15) is 5.75 Å². The Morgan fingerprint density at radius 1 is 1.16 bits per heavy atom. The minimum atomic E-state index is -1.74. The van der Waals surface area contributed by atoms with Crippen molar-refractivity contribution >= 4 is 40.6 Å². The number of carbonyl (C=O) groups is 3. The van der Waals surface area contributed by atoms with Crippen molar-refractivity contribution in [3.05, 3.63) is 53.1 Å². The van der Waals surface area contributed by atoms with Crippen LogP contribution in [0.25, 0.3) is 0 Å². The molecule has 1 heterocycles. The van der Waals surface area contributed by atoms with Gasteiger partial charge in [0.2, 0.25) is 0 Å². The Labute approximate surface area is 149 Å². The Balaban J connectivity index is 1.82. The van der Waals surface area contributed by atoms with E-state index in [1.807, 2.05) is 0 Å². The molecule has 2 aromatic carbocycles. The number of carbonyl (C=O) groups excluding carboxylic acids is 3. The molecule has 0 spiro atoms. The van der Waals surface area contributed by atoms with Gasteiger partial charge < -0.3 is 15.4 Å². The van der Waals surface area contributed by atoms with Gasteiger partial charge in [0.05, 0.1) is 5.69 Å². The zero-order valence-electron chi connectivity index (χ0n) is 13.6. The molecule has 0 aromatic heterocycles. The van der Waals surface area contributed by atoms with Crippen molar-refractivity contribution in [1.82, 2.24) is 0 Å². The van der Waals surface area contributed by atoms with Crippen LogP contribution in [0.4, 0.5) is 11.4 Å². The molecule has 0 saturated carbocycles. The van der Waals surface area contributed by atoms with Gasteiger partial charge >= 0.3 is 0 Å². The molecule has 25 heavy (non-hydrogen) atoms. The molecule has 1 atom stereocenters. The van der Waals surface area contributed by atoms with Gasteiger partial charge in [-0.1, -0.05) is 11.6 Å². The second-order valence-corrected chi connectivity index (χ2v) is 6.25. The number of hydrogen-bond donors (Lipinski definition) is 2. The first-order valence-electron chi connectivity index (χ1n) is 7.52. The molecule has 0 aliphatic carbocycles. The van der Waals surface area contributed by atoms with Crippen LogP contribution in [0.2, 0.25) is 5.02 Å². The number of hydrogen-bond acceptors (Lipinski definition) is 4. The molecule has 2 amide bonds. The van der Waals surface area contributed by atoms with Crippen molar-refractivity contribution in [2.45, 2.75) is 19.4 Å². The highest BCUT2D eigenvalue weighted by Gasteiger charge is 2.47. The van der Waals surface area contributed by atoms with Crippen LogP contribution in [-0.2, 0) is 9.59 Å². The average Bonchev–Trinajstić information content (AvgIpc) is 2.56. The summed E-state index contributed by atoms with van der Waals surface area (Å²) in [4.78, 5) is 36.3. The molecule has 0 radical (unpaired) electrons. The molecular formula is C18H15ClN2O4. The van der Waals surface area contributed by atoms with E-state index in [0.717, 1.165) is 0 Å². The summed E-state index contributed by atoms with van der Waals surface area (Å²) in [7, 11) is 0. The molecular weight excluding hydrogens is 344 g/mol. The van der Waals surface area contributed by atoms with Crippen molar-refractivity contribution in [3.63, 3.8) is 0 Å². The first kappa shape index (κ1) is 17.0. The Hall–Kier alpha value is -2.86. The number of Topliss-reactive ketones (excluding diaryl/α,β-unsaturated/α-hetero) is 1. The Morgan fingerprint density at radius 2 is 1.84 bits per heavy atom. The number of halogens is 1. The zero-order valence-corrected chi connectivity index (χ0v) is 14.3. The maximum atomic E-state index is 12.6. The smallest absolute Gasteiger partial charge is 0.278 e. The Bertz CT molecular complexity index is 879. The molecule has 2 aromatic rings. The van der Waals surface area contributed by atoms with Crippen LogP contribution in [0.3, 0.4) is 0 Å². The van der Waals surface area contributed by atoms with E-state index in [4.69, 9.17) is 16.3 Å². The summed E-state index contributed by atoms with van der Waals surface area (Å²) in [5.74, 6) is -0.940. The number of rotatable bonds is 3. The third-order valence-electron chi connectivity index (χ3n) is 3.92. The molecule has 128 valence electrons. The van der Waals surface area contributed by atoms with Gasteiger partial charge in [-0.15, -0.1) is 0 Å². The number of fused-ring (bicyclic) bond motifs is 1. The predicted molar refractivity (Wildman–Crippen MR) is 94.2 cm³/mol. The molecule has 0 fully saturated rings. The first-order chi connectivity index (χ1) is 11.8. The van der Waals surface area contributed by atoms with E-state index in [-0.39, 0.29) is 5.78 Å². The number of nitrogens with one attached hydrogen (secondary N) is 2. The molecule has 1 aliphatic rings. The molecule has 1 unspecified atom stereocenters. The summed E-state index contributed by atoms with van der Waals surface area (Å²) in [5.41, 5.74) is -0.343. The molecule has 7 heteroatoms. The van der Waals surface area contributed by atoms with Crippen molar-refractivity contribution in [2.24, 2.45) is 0 Å². The second-order valence-electron chi connectivity index (χ2n) is 5.82. The van der Waals surface area contributed by atoms with Crippen LogP contribution >= 0.6 is 11.6 Å². The topological polar surface area (TPSA) is 84.5 Å². The van der Waals surface area contributed by atoms with Crippen molar-refractivity contribution in [1.29, 1.82) is 0 Å². The van der Waals surface area contributed by atoms with Crippen LogP contribution in [-0.4, -0.2) is 23.2 Å². The molecule has 0 bridgehead atoms. The first-order valence-corrected chi connectivity index (χ1v) is 7.90. The van der Waals surface area contributed by atoms with E-state index in [0.29, 0.717) is 27.7 Å². The normalized spacial score (nSPS) is 18.6. The second kappa shape index (κ2) is 6.22. The van der Waals surface area contributed by atoms with E-state index in [1.54, 1.807) is 42.5 Å². The van der Waals surface area contributed by atoms with Gasteiger partial charge in [-0.05, 0) is 56.3 Å². The van der Waals surface area contributed by atoms with Crippen LogP contribution in [0.15, 0.2) is 42.5 Å². The maximum absolute atomic E-state index is 12.6. The average molecular weight is 359 g/mol. The van der Waals surface area contributed by atoms with Gasteiger partial charge in [-0.25, -0.2) is 0 Å². The van der Waals surface area contributed by atoms with Crippen molar-refractivity contribution in [3.8, 4) is 5.75 Å². The van der Waals surface area contributed by atoms with Crippen LogP contribution in [0.1, 0.15) is 24.2 Å². The maximum Gasteiger partial charge on any atom is 0.278 e. The van der Waals surface area contributed by atoms with Gasteiger partial charge in [0, 0.05) is 16.3 Å². The van der Waals surface area contributed by atoms with Crippen molar-refractivity contribution in [2.75, 3.05) is 10.6 Å². The highest BCUT2D eigenvalue weighted by Crippen LogP contribution is 2.36. The van der Waals surface area contributed by atoms with Gasteiger partial charge in [-0.3, -0.25) is 14.4 Å². The summed E-state index contributed by atoms with van der Waals surface area (Å²) in [6, 6.07) is 11.1. The molecule has 3 rings (SSSR count). The van der Waals surface area contributed by atoms with E-state index in [1.165, 1.54) is 13.8 Å². The van der Waals surface area contributed by atoms with Crippen LogP contribution in [0.5, 0.6) is 5.75 Å². The van der Waals surface area contributed by atoms with Crippen LogP contribution in [0, 0.1) is 0 Å². The van der Waals surface area contributed by atoms with Gasteiger partial charge in [0.15, 0.2) is 5.78 Å². The largest absolute Gasteiger partial charge is 0.466 e. The third-order valence-corrected chi connectivity index (χ3v) is 4.15. The fraction of sp³-hybridized carbons (Fsp3) is 0.167. The number of anilines is 2. The summed E-state index contributed by atoms with van der Waals surface area (Å²) >= 11 is 5.89. The molecule has 2 N–H and O–H groups in total.